The number of nitrogens with one attached hydrogen (secondary N) is 1. The summed E-state index contributed by atoms with van der Waals surface area (Å²) in [5, 5.41) is 12.7. The summed E-state index contributed by atoms with van der Waals surface area (Å²) < 4.78 is 35.3. The molecule has 1 aliphatic rings. The van der Waals surface area contributed by atoms with Crippen LogP contribution < -0.4 is 26.2 Å². The number of halogens is 3. The molecule has 0 spiro atoms. The summed E-state index contributed by atoms with van der Waals surface area (Å²) in [6.07, 6.45) is -0.764. The highest BCUT2D eigenvalue weighted by molar-refractivity contribution is 6.30. The van der Waals surface area contributed by atoms with Crippen LogP contribution in [0.5, 0.6) is 5.75 Å². The SMILES string of the molecule is Cn1c2c(c(=O)n(CCCO)c1=O)N(Cc1ccc(Cl)cc1)C(Oc1ccc(F)c(F)c1)N2. The standard InChI is InChI=1S/C22H21ClF2N4O4/c1-27-19-18(20(31)28(22(27)32)9-2-10-30)29(12-13-3-5-14(23)6-4-13)21(26-19)33-15-7-8-16(24)17(25)11-15/h3-8,11,21,26,30H,2,9-10,12H2,1H3. The molecule has 1 aliphatic heterocycles. The minimum Gasteiger partial charge on any atom is -0.452 e. The molecule has 8 nitrogen and oxygen atoms in total. The molecule has 0 fully saturated rings. The molecule has 0 aliphatic carbocycles. The zero-order valence-corrected chi connectivity index (χ0v) is 18.4. The molecule has 0 radical (unpaired) electrons. The lowest BCUT2D eigenvalue weighted by molar-refractivity contribution is 0.226. The third-order valence-electron chi connectivity index (χ3n) is 5.30. The van der Waals surface area contributed by atoms with E-state index in [2.05, 4.69) is 5.32 Å². The maximum absolute atomic E-state index is 13.7. The molecular weight excluding hydrogens is 458 g/mol. The number of hydrogen-bond acceptors (Lipinski definition) is 6. The second-order valence-electron chi connectivity index (χ2n) is 7.52. The zero-order valence-electron chi connectivity index (χ0n) is 17.6. The van der Waals surface area contributed by atoms with Crippen LogP contribution in [0.4, 0.5) is 20.3 Å². The van der Waals surface area contributed by atoms with Crippen molar-refractivity contribution in [2.24, 2.45) is 7.05 Å². The highest BCUT2D eigenvalue weighted by Crippen LogP contribution is 2.33. The first kappa shape index (κ1) is 22.8. The van der Waals surface area contributed by atoms with E-state index in [1.54, 1.807) is 29.2 Å². The average Bonchev–Trinajstić information content (AvgIpc) is 3.14. The smallest absolute Gasteiger partial charge is 0.332 e. The lowest BCUT2D eigenvalue weighted by atomic mass is 10.2. The van der Waals surface area contributed by atoms with Gasteiger partial charge in [-0.25, -0.2) is 13.6 Å². The Bertz CT molecular complexity index is 1290. The number of hydrogen-bond donors (Lipinski definition) is 2. The zero-order chi connectivity index (χ0) is 23.7. The third-order valence-corrected chi connectivity index (χ3v) is 5.55. The molecule has 1 unspecified atom stereocenters. The Morgan fingerprint density at radius 2 is 1.85 bits per heavy atom. The first-order valence-corrected chi connectivity index (χ1v) is 10.5. The Morgan fingerprint density at radius 1 is 1.12 bits per heavy atom. The highest BCUT2D eigenvalue weighted by atomic mass is 35.5. The monoisotopic (exact) mass is 478 g/mol. The molecule has 2 N–H and O–H groups in total. The molecule has 1 aromatic heterocycles. The van der Waals surface area contributed by atoms with E-state index in [4.69, 9.17) is 21.4 Å². The number of anilines is 2. The van der Waals surface area contributed by atoms with Crippen molar-refractivity contribution in [1.82, 2.24) is 9.13 Å². The van der Waals surface area contributed by atoms with Crippen LogP contribution in [0.2, 0.25) is 5.02 Å². The Hall–Kier alpha value is -3.37. The normalized spacial score (nSPS) is 14.8. The first-order chi connectivity index (χ1) is 15.8. The van der Waals surface area contributed by atoms with E-state index in [9.17, 15) is 18.4 Å². The van der Waals surface area contributed by atoms with Crippen LogP contribution in [0.3, 0.4) is 0 Å². The molecule has 4 rings (SSSR count). The van der Waals surface area contributed by atoms with Gasteiger partial charge < -0.3 is 20.1 Å². The van der Waals surface area contributed by atoms with Gasteiger partial charge in [0.15, 0.2) is 11.6 Å². The fraction of sp³-hybridized carbons (Fsp3) is 0.273. The molecule has 2 aromatic carbocycles. The van der Waals surface area contributed by atoms with Crippen LogP contribution in [0.15, 0.2) is 52.1 Å². The predicted molar refractivity (Wildman–Crippen MR) is 120 cm³/mol. The summed E-state index contributed by atoms with van der Waals surface area (Å²) in [4.78, 5) is 27.6. The van der Waals surface area contributed by atoms with E-state index in [0.29, 0.717) is 5.02 Å². The quantitative estimate of drug-likeness (QED) is 0.543. The Balaban J connectivity index is 1.78. The average molecular weight is 479 g/mol. The van der Waals surface area contributed by atoms with Crippen molar-refractivity contribution in [3.63, 3.8) is 0 Å². The maximum Gasteiger partial charge on any atom is 0.332 e. The molecule has 0 bridgehead atoms. The van der Waals surface area contributed by atoms with Crippen LogP contribution in [0.1, 0.15) is 12.0 Å². The van der Waals surface area contributed by atoms with Crippen molar-refractivity contribution in [2.75, 3.05) is 16.8 Å². The summed E-state index contributed by atoms with van der Waals surface area (Å²) >= 11 is 5.98. The van der Waals surface area contributed by atoms with Gasteiger partial charge in [0.2, 0.25) is 0 Å². The Morgan fingerprint density at radius 3 is 2.52 bits per heavy atom. The van der Waals surface area contributed by atoms with Gasteiger partial charge in [0, 0.05) is 37.8 Å². The second-order valence-corrected chi connectivity index (χ2v) is 7.95. The summed E-state index contributed by atoms with van der Waals surface area (Å²) in [6.45, 7) is 0.0546. The Labute approximate surface area is 192 Å². The van der Waals surface area contributed by atoms with Gasteiger partial charge in [0.1, 0.15) is 17.3 Å². The highest BCUT2D eigenvalue weighted by Gasteiger charge is 2.36. The number of fused-ring (bicyclic) bond motifs is 1. The minimum absolute atomic E-state index is 0.0333. The lowest BCUT2D eigenvalue weighted by Crippen LogP contribution is -2.43. The number of aromatic nitrogens is 2. The number of nitrogens with zero attached hydrogens (tertiary/aromatic N) is 3. The van der Waals surface area contributed by atoms with Crippen LogP contribution >= 0.6 is 11.6 Å². The number of aliphatic hydroxyl groups is 1. The molecule has 33 heavy (non-hydrogen) atoms. The van der Waals surface area contributed by atoms with Gasteiger partial charge in [-0.05, 0) is 36.2 Å². The van der Waals surface area contributed by atoms with Crippen LogP contribution in [-0.4, -0.2) is 27.2 Å². The van der Waals surface area contributed by atoms with Crippen molar-refractivity contribution in [2.45, 2.75) is 25.9 Å². The van der Waals surface area contributed by atoms with Gasteiger partial charge >= 0.3 is 5.69 Å². The number of rotatable bonds is 7. The van der Waals surface area contributed by atoms with Crippen LogP contribution in [-0.2, 0) is 20.1 Å². The van der Waals surface area contributed by atoms with Crippen molar-refractivity contribution in [3.8, 4) is 5.75 Å². The fourth-order valence-electron chi connectivity index (χ4n) is 3.63. The van der Waals surface area contributed by atoms with E-state index in [1.807, 2.05) is 0 Å². The minimum atomic E-state index is -1.08. The fourth-order valence-corrected chi connectivity index (χ4v) is 3.76. The third kappa shape index (κ3) is 4.44. The van der Waals surface area contributed by atoms with E-state index in [0.717, 1.165) is 22.3 Å². The molecule has 1 atom stereocenters. The lowest BCUT2D eigenvalue weighted by Gasteiger charge is -2.26. The van der Waals surface area contributed by atoms with Crippen molar-refractivity contribution < 1.29 is 18.6 Å². The molecule has 11 heteroatoms. The van der Waals surface area contributed by atoms with Crippen molar-refractivity contribution in [3.05, 3.63) is 85.5 Å². The van der Waals surface area contributed by atoms with Gasteiger partial charge in [-0.1, -0.05) is 23.7 Å². The van der Waals surface area contributed by atoms with E-state index < -0.39 is 29.2 Å². The number of ether oxygens (including phenoxy) is 1. The summed E-state index contributed by atoms with van der Waals surface area (Å²) in [5.41, 5.74) is -0.139. The van der Waals surface area contributed by atoms with Crippen molar-refractivity contribution in [1.29, 1.82) is 0 Å². The second kappa shape index (κ2) is 9.24. The molecule has 174 valence electrons. The molecule has 0 amide bonds. The Kier molecular flexibility index (Phi) is 6.39. The molecule has 2 heterocycles. The van der Waals surface area contributed by atoms with E-state index >= 15 is 0 Å². The molecule has 0 saturated carbocycles. The van der Waals surface area contributed by atoms with Gasteiger partial charge in [-0.2, -0.15) is 0 Å². The van der Waals surface area contributed by atoms with E-state index in [-0.39, 0.29) is 43.4 Å². The van der Waals surface area contributed by atoms with Gasteiger partial charge in [0.25, 0.3) is 11.9 Å². The summed E-state index contributed by atoms with van der Waals surface area (Å²) in [5.74, 6) is -1.83. The molecule has 0 saturated heterocycles. The summed E-state index contributed by atoms with van der Waals surface area (Å²) in [7, 11) is 1.50. The van der Waals surface area contributed by atoms with Crippen LogP contribution in [0, 0.1) is 11.6 Å². The number of aliphatic hydroxyl groups excluding tert-OH is 1. The van der Waals surface area contributed by atoms with Gasteiger partial charge in [-0.15, -0.1) is 0 Å². The molecule has 3 aromatic rings. The maximum atomic E-state index is 13.7. The number of benzene rings is 2. The van der Waals surface area contributed by atoms with Crippen molar-refractivity contribution >= 4 is 23.1 Å². The van der Waals surface area contributed by atoms with Gasteiger partial charge in [-0.3, -0.25) is 13.9 Å². The molecular formula is C22H21ClF2N4O4. The summed E-state index contributed by atoms with van der Waals surface area (Å²) in [6, 6.07) is 10.1. The van der Waals surface area contributed by atoms with E-state index in [1.165, 1.54) is 17.7 Å². The van der Waals surface area contributed by atoms with Gasteiger partial charge in [0.05, 0.1) is 0 Å². The first-order valence-electron chi connectivity index (χ1n) is 10.1. The van der Waals surface area contributed by atoms with Crippen LogP contribution in [0.25, 0.3) is 0 Å². The topological polar surface area (TPSA) is 88.7 Å². The predicted octanol–water partition coefficient (Wildman–Crippen LogP) is 2.66. The largest absolute Gasteiger partial charge is 0.452 e.